The van der Waals surface area contributed by atoms with E-state index in [1.165, 1.54) is 0 Å². The summed E-state index contributed by atoms with van der Waals surface area (Å²) >= 11 is 0. The summed E-state index contributed by atoms with van der Waals surface area (Å²) in [6.07, 6.45) is 3.20. The van der Waals surface area contributed by atoms with Gasteiger partial charge in [0.05, 0.1) is 18.2 Å². The lowest BCUT2D eigenvalue weighted by molar-refractivity contribution is -0.127. The van der Waals surface area contributed by atoms with Gasteiger partial charge in [0.2, 0.25) is 5.91 Å². The lowest BCUT2D eigenvalue weighted by Crippen LogP contribution is -2.46. The molecular weight excluding hydrogens is 264 g/mol. The molecule has 4 heteroatoms. The molecule has 0 aromatic heterocycles. The molecule has 0 spiro atoms. The van der Waals surface area contributed by atoms with E-state index in [4.69, 9.17) is 0 Å². The van der Waals surface area contributed by atoms with Crippen molar-refractivity contribution >= 4 is 5.91 Å². The molecule has 1 heterocycles. The first-order chi connectivity index (χ1) is 10.2. The van der Waals surface area contributed by atoms with Crippen LogP contribution < -0.4 is 5.32 Å². The Morgan fingerprint density at radius 2 is 2.24 bits per heavy atom. The average molecular weight is 288 g/mol. The van der Waals surface area contributed by atoms with Crippen molar-refractivity contribution in [1.29, 1.82) is 0 Å². The molecule has 1 saturated heterocycles. The molecule has 1 aromatic carbocycles. The maximum atomic E-state index is 12.6. The Morgan fingerprint density at radius 3 is 3.05 bits per heavy atom. The zero-order chi connectivity index (χ0) is 14.8. The van der Waals surface area contributed by atoms with Crippen molar-refractivity contribution in [2.45, 2.75) is 50.8 Å². The number of hydrogen-bond donors (Lipinski definition) is 2. The molecule has 0 radical (unpaired) electrons. The number of benzene rings is 1. The van der Waals surface area contributed by atoms with Crippen LogP contribution in [0.25, 0.3) is 0 Å². The average Bonchev–Trinajstić information content (AvgIpc) is 3.05. The highest BCUT2D eigenvalue weighted by molar-refractivity contribution is 5.82. The van der Waals surface area contributed by atoms with Crippen LogP contribution in [0, 0.1) is 0 Å². The number of nitrogens with one attached hydrogen (secondary N) is 1. The topological polar surface area (TPSA) is 52.6 Å². The molecule has 0 saturated carbocycles. The van der Waals surface area contributed by atoms with Gasteiger partial charge in [0, 0.05) is 6.42 Å². The van der Waals surface area contributed by atoms with E-state index in [9.17, 15) is 9.90 Å². The highest BCUT2D eigenvalue weighted by Gasteiger charge is 2.36. The molecule has 1 aliphatic carbocycles. The Labute approximate surface area is 126 Å². The van der Waals surface area contributed by atoms with Crippen LogP contribution in [0.3, 0.4) is 0 Å². The number of carbonyl (C=O) groups excluding carboxylic acids is 1. The first-order valence-electron chi connectivity index (χ1n) is 8.01. The molecule has 1 aliphatic heterocycles. The van der Waals surface area contributed by atoms with Crippen molar-refractivity contribution in [3.05, 3.63) is 35.4 Å². The number of aliphatic hydroxyl groups excluding tert-OH is 1. The minimum absolute atomic E-state index is 0.0232. The van der Waals surface area contributed by atoms with Crippen LogP contribution in [0.1, 0.15) is 43.4 Å². The second-order valence-corrected chi connectivity index (χ2v) is 6.15. The van der Waals surface area contributed by atoms with Gasteiger partial charge in [0.1, 0.15) is 0 Å². The van der Waals surface area contributed by atoms with Gasteiger partial charge in [-0.1, -0.05) is 31.2 Å². The molecule has 1 fully saturated rings. The number of carbonyl (C=O) groups is 1. The highest BCUT2D eigenvalue weighted by Crippen LogP contribution is 2.31. The van der Waals surface area contributed by atoms with Crippen molar-refractivity contribution in [2.75, 3.05) is 13.1 Å². The van der Waals surface area contributed by atoms with Gasteiger partial charge in [0.15, 0.2) is 0 Å². The van der Waals surface area contributed by atoms with Crippen LogP contribution in [0.4, 0.5) is 0 Å². The molecule has 3 atom stereocenters. The molecule has 2 N–H and O–H groups in total. The third kappa shape index (κ3) is 2.83. The molecule has 0 bridgehead atoms. The lowest BCUT2D eigenvalue weighted by Gasteiger charge is -2.26. The number of rotatable bonds is 4. The fourth-order valence-electron chi connectivity index (χ4n) is 3.68. The van der Waals surface area contributed by atoms with Gasteiger partial charge < -0.3 is 10.4 Å². The van der Waals surface area contributed by atoms with E-state index in [1.807, 2.05) is 24.3 Å². The molecule has 2 aliphatic rings. The minimum Gasteiger partial charge on any atom is -0.390 e. The normalized spacial score (nSPS) is 28.6. The van der Waals surface area contributed by atoms with Gasteiger partial charge in [-0.25, -0.2) is 0 Å². The summed E-state index contributed by atoms with van der Waals surface area (Å²) in [7, 11) is 0. The summed E-state index contributed by atoms with van der Waals surface area (Å²) in [5.74, 6) is 0.0710. The summed E-state index contributed by atoms with van der Waals surface area (Å²) in [5, 5.41) is 13.3. The zero-order valence-corrected chi connectivity index (χ0v) is 12.6. The first-order valence-corrected chi connectivity index (χ1v) is 8.01. The maximum Gasteiger partial charge on any atom is 0.237 e. The SMILES string of the molecule is CCCN1CCCC1C(=O)NC1c2ccccc2CC1O. The summed E-state index contributed by atoms with van der Waals surface area (Å²) in [5.41, 5.74) is 2.21. The van der Waals surface area contributed by atoms with Gasteiger partial charge in [-0.2, -0.15) is 0 Å². The molecule has 1 amide bonds. The third-order valence-electron chi connectivity index (χ3n) is 4.68. The summed E-state index contributed by atoms with van der Waals surface area (Å²) < 4.78 is 0. The van der Waals surface area contributed by atoms with E-state index in [0.29, 0.717) is 6.42 Å². The zero-order valence-electron chi connectivity index (χ0n) is 12.6. The molecule has 3 rings (SSSR count). The molecular formula is C17H24N2O2. The summed E-state index contributed by atoms with van der Waals surface area (Å²) in [4.78, 5) is 14.8. The van der Waals surface area contributed by atoms with E-state index in [2.05, 4.69) is 17.1 Å². The minimum atomic E-state index is -0.507. The molecule has 114 valence electrons. The van der Waals surface area contributed by atoms with Crippen LogP contribution in [0.5, 0.6) is 0 Å². The van der Waals surface area contributed by atoms with Crippen LogP contribution in [0.2, 0.25) is 0 Å². The van der Waals surface area contributed by atoms with Gasteiger partial charge in [-0.3, -0.25) is 9.69 Å². The Bertz CT molecular complexity index is 517. The van der Waals surface area contributed by atoms with Crippen molar-refractivity contribution in [1.82, 2.24) is 10.2 Å². The van der Waals surface area contributed by atoms with Crippen LogP contribution in [0.15, 0.2) is 24.3 Å². The molecule has 4 nitrogen and oxygen atoms in total. The smallest absolute Gasteiger partial charge is 0.237 e. The fraction of sp³-hybridized carbons (Fsp3) is 0.588. The lowest BCUT2D eigenvalue weighted by atomic mass is 10.1. The third-order valence-corrected chi connectivity index (χ3v) is 4.68. The number of fused-ring (bicyclic) bond motifs is 1. The number of hydrogen-bond acceptors (Lipinski definition) is 3. The van der Waals surface area contributed by atoms with E-state index >= 15 is 0 Å². The Hall–Kier alpha value is -1.39. The van der Waals surface area contributed by atoms with Crippen molar-refractivity contribution in [3.8, 4) is 0 Å². The predicted molar refractivity (Wildman–Crippen MR) is 81.9 cm³/mol. The summed E-state index contributed by atoms with van der Waals surface area (Å²) in [6, 6.07) is 7.71. The second kappa shape index (κ2) is 6.16. The fourth-order valence-corrected chi connectivity index (χ4v) is 3.68. The van der Waals surface area contributed by atoms with E-state index in [0.717, 1.165) is 43.5 Å². The maximum absolute atomic E-state index is 12.6. The Morgan fingerprint density at radius 1 is 1.43 bits per heavy atom. The second-order valence-electron chi connectivity index (χ2n) is 6.15. The van der Waals surface area contributed by atoms with Gasteiger partial charge in [0.25, 0.3) is 0 Å². The quantitative estimate of drug-likeness (QED) is 0.885. The van der Waals surface area contributed by atoms with Crippen LogP contribution >= 0.6 is 0 Å². The number of aliphatic hydroxyl groups is 1. The van der Waals surface area contributed by atoms with Gasteiger partial charge in [-0.15, -0.1) is 0 Å². The van der Waals surface area contributed by atoms with E-state index < -0.39 is 6.10 Å². The number of nitrogens with zero attached hydrogens (tertiary/aromatic N) is 1. The Kier molecular flexibility index (Phi) is 4.27. The van der Waals surface area contributed by atoms with Gasteiger partial charge >= 0.3 is 0 Å². The monoisotopic (exact) mass is 288 g/mol. The first kappa shape index (κ1) is 14.5. The molecule has 1 aromatic rings. The highest BCUT2D eigenvalue weighted by atomic mass is 16.3. The van der Waals surface area contributed by atoms with E-state index in [1.54, 1.807) is 0 Å². The summed E-state index contributed by atoms with van der Waals surface area (Å²) in [6.45, 7) is 4.13. The largest absolute Gasteiger partial charge is 0.390 e. The van der Waals surface area contributed by atoms with Crippen molar-refractivity contribution in [3.63, 3.8) is 0 Å². The standard InChI is InChI=1S/C17H24N2O2/c1-2-9-19-10-5-8-14(19)17(21)18-16-13-7-4-3-6-12(13)11-15(16)20/h3-4,6-7,14-16,20H,2,5,8-11H2,1H3,(H,18,21). The van der Waals surface area contributed by atoms with Crippen LogP contribution in [-0.4, -0.2) is 41.1 Å². The predicted octanol–water partition coefficient (Wildman–Crippen LogP) is 1.64. The van der Waals surface area contributed by atoms with Crippen molar-refractivity contribution < 1.29 is 9.90 Å². The number of amides is 1. The Balaban J connectivity index is 1.70. The number of likely N-dealkylation sites (tertiary alicyclic amines) is 1. The molecule has 3 unspecified atom stereocenters. The molecule has 21 heavy (non-hydrogen) atoms. The van der Waals surface area contributed by atoms with Crippen molar-refractivity contribution in [2.24, 2.45) is 0 Å². The van der Waals surface area contributed by atoms with Gasteiger partial charge in [-0.05, 0) is 43.5 Å². The van der Waals surface area contributed by atoms with E-state index in [-0.39, 0.29) is 18.0 Å². The van der Waals surface area contributed by atoms with Crippen LogP contribution in [-0.2, 0) is 11.2 Å².